The van der Waals surface area contributed by atoms with Crippen LogP contribution in [0.5, 0.6) is 0 Å². The number of carbonyl (C=O) groups is 1. The third kappa shape index (κ3) is 4.31. The molecular formula is C18H28N2O. The molecule has 3 heteroatoms. The first kappa shape index (κ1) is 16.0. The fourth-order valence-electron chi connectivity index (χ4n) is 3.00. The van der Waals surface area contributed by atoms with Crippen molar-refractivity contribution in [2.75, 3.05) is 6.67 Å². The fraction of sp³-hybridized carbons (Fsp3) is 0.611. The molecular weight excluding hydrogens is 260 g/mol. The first-order valence-electron chi connectivity index (χ1n) is 8.19. The van der Waals surface area contributed by atoms with Crippen molar-refractivity contribution in [3.05, 3.63) is 35.9 Å². The highest BCUT2D eigenvalue weighted by Gasteiger charge is 2.33. The first-order chi connectivity index (χ1) is 10.1. The van der Waals surface area contributed by atoms with Gasteiger partial charge in [0.1, 0.15) is 0 Å². The van der Waals surface area contributed by atoms with Crippen molar-refractivity contribution in [2.45, 2.75) is 58.5 Å². The van der Waals surface area contributed by atoms with Gasteiger partial charge in [-0.3, -0.25) is 10.1 Å². The summed E-state index contributed by atoms with van der Waals surface area (Å²) >= 11 is 0. The largest absolute Gasteiger partial charge is 0.326 e. The lowest BCUT2D eigenvalue weighted by Crippen LogP contribution is -2.37. The second-order valence-electron chi connectivity index (χ2n) is 6.35. The Morgan fingerprint density at radius 3 is 2.67 bits per heavy atom. The Bertz CT molecular complexity index is 446. The van der Waals surface area contributed by atoms with Gasteiger partial charge in [-0.25, -0.2) is 0 Å². The lowest BCUT2D eigenvalue weighted by molar-refractivity contribution is -0.130. The highest BCUT2D eigenvalue weighted by Crippen LogP contribution is 2.19. The molecule has 1 fully saturated rings. The van der Waals surface area contributed by atoms with Crippen LogP contribution >= 0.6 is 0 Å². The van der Waals surface area contributed by atoms with E-state index in [1.165, 1.54) is 12.0 Å². The minimum Gasteiger partial charge on any atom is -0.326 e. The van der Waals surface area contributed by atoms with Crippen molar-refractivity contribution in [2.24, 2.45) is 5.92 Å². The molecule has 1 aliphatic heterocycles. The molecule has 116 valence electrons. The number of carbonyl (C=O) groups excluding carboxylic acids is 1. The molecule has 1 aliphatic rings. The Balaban J connectivity index is 1.83. The van der Waals surface area contributed by atoms with E-state index in [0.717, 1.165) is 19.3 Å². The summed E-state index contributed by atoms with van der Waals surface area (Å²) in [4.78, 5) is 14.5. The van der Waals surface area contributed by atoms with Crippen LogP contribution in [0.25, 0.3) is 0 Å². The molecule has 1 N–H and O–H groups in total. The average molecular weight is 288 g/mol. The third-order valence-electron chi connectivity index (χ3n) is 4.63. The lowest BCUT2D eigenvalue weighted by Gasteiger charge is -2.26. The van der Waals surface area contributed by atoms with Crippen LogP contribution in [0, 0.1) is 5.92 Å². The van der Waals surface area contributed by atoms with Crippen LogP contribution < -0.4 is 5.32 Å². The zero-order valence-electron chi connectivity index (χ0n) is 13.5. The molecule has 1 saturated heterocycles. The van der Waals surface area contributed by atoms with E-state index in [2.05, 4.69) is 50.4 Å². The van der Waals surface area contributed by atoms with Gasteiger partial charge in [0.15, 0.2) is 0 Å². The molecule has 1 heterocycles. The molecule has 1 aromatic carbocycles. The van der Waals surface area contributed by atoms with Crippen molar-refractivity contribution in [1.29, 1.82) is 0 Å². The Kier molecular flexibility index (Phi) is 5.80. The Morgan fingerprint density at radius 2 is 2.00 bits per heavy atom. The zero-order chi connectivity index (χ0) is 15.2. The van der Waals surface area contributed by atoms with Crippen molar-refractivity contribution in [3.63, 3.8) is 0 Å². The molecule has 1 aromatic rings. The Hall–Kier alpha value is -1.35. The summed E-state index contributed by atoms with van der Waals surface area (Å²) < 4.78 is 0. The molecule has 2 rings (SSSR count). The normalized spacial score (nSPS) is 21.6. The van der Waals surface area contributed by atoms with Crippen LogP contribution in [0.1, 0.15) is 45.6 Å². The van der Waals surface area contributed by atoms with Crippen molar-refractivity contribution in [1.82, 2.24) is 10.2 Å². The van der Waals surface area contributed by atoms with E-state index in [1.54, 1.807) is 0 Å². The van der Waals surface area contributed by atoms with E-state index in [1.807, 2.05) is 11.0 Å². The predicted molar refractivity (Wildman–Crippen MR) is 86.9 cm³/mol. The quantitative estimate of drug-likeness (QED) is 0.835. The van der Waals surface area contributed by atoms with Crippen LogP contribution in [0.4, 0.5) is 0 Å². The Labute approximate surface area is 128 Å². The molecule has 0 spiro atoms. The number of amides is 1. The predicted octanol–water partition coefficient (Wildman–Crippen LogP) is 3.20. The molecule has 0 aliphatic carbocycles. The van der Waals surface area contributed by atoms with E-state index >= 15 is 0 Å². The van der Waals surface area contributed by atoms with E-state index < -0.39 is 0 Å². The van der Waals surface area contributed by atoms with Gasteiger partial charge in [-0.1, -0.05) is 50.6 Å². The molecule has 0 bridgehead atoms. The van der Waals surface area contributed by atoms with Crippen LogP contribution in [0.2, 0.25) is 0 Å². The summed E-state index contributed by atoms with van der Waals surface area (Å²) in [5, 5.41) is 3.38. The summed E-state index contributed by atoms with van der Waals surface area (Å²) in [6, 6.07) is 10.7. The number of nitrogens with one attached hydrogen (secondary N) is 1. The first-order valence-corrected chi connectivity index (χ1v) is 8.19. The maximum Gasteiger partial charge on any atom is 0.241 e. The standard InChI is InChI=1S/C18H28N2O/c1-4-14(2)12-15(3)20-13-19-17(18(20)21)11-10-16-8-6-5-7-9-16/h5-9,14-15,17,19H,4,10-13H2,1-3H3. The van der Waals surface area contributed by atoms with Crippen LogP contribution in [-0.2, 0) is 11.2 Å². The summed E-state index contributed by atoms with van der Waals surface area (Å²) in [5.74, 6) is 0.956. The summed E-state index contributed by atoms with van der Waals surface area (Å²) in [6.07, 6.45) is 4.11. The van der Waals surface area contributed by atoms with Crippen molar-refractivity contribution < 1.29 is 4.79 Å². The van der Waals surface area contributed by atoms with E-state index in [4.69, 9.17) is 0 Å². The molecule has 0 saturated carbocycles. The van der Waals surface area contributed by atoms with Gasteiger partial charge in [-0.15, -0.1) is 0 Å². The minimum atomic E-state index is -0.00964. The smallest absolute Gasteiger partial charge is 0.241 e. The van der Waals surface area contributed by atoms with Crippen LogP contribution in [-0.4, -0.2) is 29.6 Å². The number of benzene rings is 1. The van der Waals surface area contributed by atoms with Gasteiger partial charge >= 0.3 is 0 Å². The van der Waals surface area contributed by atoms with Crippen molar-refractivity contribution >= 4 is 5.91 Å². The van der Waals surface area contributed by atoms with Gasteiger partial charge in [-0.05, 0) is 37.7 Å². The van der Waals surface area contributed by atoms with E-state index in [9.17, 15) is 4.79 Å². The maximum absolute atomic E-state index is 12.5. The van der Waals surface area contributed by atoms with Gasteiger partial charge in [-0.2, -0.15) is 0 Å². The van der Waals surface area contributed by atoms with Crippen LogP contribution in [0.3, 0.4) is 0 Å². The molecule has 0 radical (unpaired) electrons. The van der Waals surface area contributed by atoms with Gasteiger partial charge in [0.25, 0.3) is 0 Å². The lowest BCUT2D eigenvalue weighted by atomic mass is 9.99. The third-order valence-corrected chi connectivity index (χ3v) is 4.63. The average Bonchev–Trinajstić information content (AvgIpc) is 2.87. The summed E-state index contributed by atoms with van der Waals surface area (Å²) in [6.45, 7) is 7.35. The van der Waals surface area contributed by atoms with E-state index in [-0.39, 0.29) is 11.9 Å². The molecule has 21 heavy (non-hydrogen) atoms. The highest BCUT2D eigenvalue weighted by molar-refractivity contribution is 5.84. The summed E-state index contributed by atoms with van der Waals surface area (Å²) in [5.41, 5.74) is 1.30. The van der Waals surface area contributed by atoms with E-state index in [0.29, 0.717) is 18.6 Å². The minimum absolute atomic E-state index is 0.00964. The van der Waals surface area contributed by atoms with Crippen molar-refractivity contribution in [3.8, 4) is 0 Å². The topological polar surface area (TPSA) is 32.3 Å². The second-order valence-corrected chi connectivity index (χ2v) is 6.35. The second kappa shape index (κ2) is 7.60. The zero-order valence-corrected chi connectivity index (χ0v) is 13.5. The number of hydrogen-bond acceptors (Lipinski definition) is 2. The SMILES string of the molecule is CCC(C)CC(C)N1CNC(CCc2ccccc2)C1=O. The monoisotopic (exact) mass is 288 g/mol. The fourth-order valence-corrected chi connectivity index (χ4v) is 3.00. The maximum atomic E-state index is 12.5. The van der Waals surface area contributed by atoms with Gasteiger partial charge < -0.3 is 4.90 Å². The van der Waals surface area contributed by atoms with Gasteiger partial charge in [0, 0.05) is 6.04 Å². The molecule has 3 unspecified atom stereocenters. The number of aryl methyl sites for hydroxylation is 1. The number of nitrogens with zero attached hydrogens (tertiary/aromatic N) is 1. The van der Waals surface area contributed by atoms with Gasteiger partial charge in [0.2, 0.25) is 5.91 Å². The molecule has 1 amide bonds. The van der Waals surface area contributed by atoms with Gasteiger partial charge in [0.05, 0.1) is 12.7 Å². The number of rotatable bonds is 7. The molecule has 3 nitrogen and oxygen atoms in total. The number of hydrogen-bond donors (Lipinski definition) is 1. The highest BCUT2D eigenvalue weighted by atomic mass is 16.2. The molecule has 3 atom stereocenters. The Morgan fingerprint density at radius 1 is 1.29 bits per heavy atom. The van der Waals surface area contributed by atoms with Crippen LogP contribution in [0.15, 0.2) is 30.3 Å². The summed E-state index contributed by atoms with van der Waals surface area (Å²) in [7, 11) is 0. The molecule has 0 aromatic heterocycles.